The molecule has 0 fully saturated rings. The van der Waals surface area contributed by atoms with Gasteiger partial charge in [-0.25, -0.2) is 0 Å². The zero-order valence-corrected chi connectivity index (χ0v) is 7.90. The molecule has 1 amide bonds. The second-order valence-electron chi connectivity index (χ2n) is 3.00. The number of amides is 1. The van der Waals surface area contributed by atoms with Crippen LogP contribution in [0.15, 0.2) is 18.2 Å². The second-order valence-corrected chi connectivity index (χ2v) is 3.00. The van der Waals surface area contributed by atoms with E-state index in [4.69, 9.17) is 0 Å². The van der Waals surface area contributed by atoms with Gasteiger partial charge in [0, 0.05) is 24.7 Å². The average molecular weight is 192 g/mol. The Morgan fingerprint density at radius 3 is 2.64 bits per heavy atom. The van der Waals surface area contributed by atoms with Gasteiger partial charge in [0.1, 0.15) is 7.85 Å². The number of benzene rings is 1. The number of nitro groups is 1. The van der Waals surface area contributed by atoms with Crippen molar-refractivity contribution in [1.29, 1.82) is 0 Å². The van der Waals surface area contributed by atoms with Gasteiger partial charge in [0.05, 0.1) is 4.92 Å². The molecule has 1 rings (SSSR count). The summed E-state index contributed by atoms with van der Waals surface area (Å²) in [6.07, 6.45) is 0. The summed E-state index contributed by atoms with van der Waals surface area (Å²) < 4.78 is 0. The third kappa shape index (κ3) is 2.58. The van der Waals surface area contributed by atoms with Crippen LogP contribution in [0.4, 0.5) is 11.4 Å². The van der Waals surface area contributed by atoms with E-state index in [1.807, 2.05) is 0 Å². The molecule has 72 valence electrons. The molecule has 1 aromatic carbocycles. The maximum Gasteiger partial charge on any atom is 0.270 e. The lowest BCUT2D eigenvalue weighted by Gasteiger charge is -2.02. The molecule has 0 unspecified atom stereocenters. The van der Waals surface area contributed by atoms with Gasteiger partial charge in [0.25, 0.3) is 5.69 Å². The summed E-state index contributed by atoms with van der Waals surface area (Å²) in [5.41, 5.74) is 1.17. The van der Waals surface area contributed by atoms with Crippen LogP contribution in [-0.2, 0) is 4.79 Å². The summed E-state index contributed by atoms with van der Waals surface area (Å²) in [4.78, 5) is 20.7. The van der Waals surface area contributed by atoms with Crippen molar-refractivity contribution in [3.63, 3.8) is 0 Å². The molecule has 5 nitrogen and oxygen atoms in total. The minimum atomic E-state index is -0.488. The fourth-order valence-corrected chi connectivity index (χ4v) is 1.14. The molecule has 0 aliphatic heterocycles. The van der Waals surface area contributed by atoms with Crippen molar-refractivity contribution in [2.75, 3.05) is 5.32 Å². The summed E-state index contributed by atoms with van der Waals surface area (Å²) in [7, 11) is 1.73. The van der Waals surface area contributed by atoms with Gasteiger partial charge in [-0.05, 0) is 6.07 Å². The average Bonchev–Trinajstić information content (AvgIpc) is 2.01. The molecular weight excluding hydrogens is 183 g/mol. The van der Waals surface area contributed by atoms with Crippen LogP contribution in [0, 0.1) is 10.1 Å². The van der Waals surface area contributed by atoms with Crippen molar-refractivity contribution in [3.05, 3.63) is 28.3 Å². The van der Waals surface area contributed by atoms with Crippen LogP contribution in [0.2, 0.25) is 0 Å². The Morgan fingerprint density at radius 1 is 1.50 bits per heavy atom. The number of nitro benzene ring substituents is 1. The van der Waals surface area contributed by atoms with Gasteiger partial charge in [-0.15, -0.1) is 0 Å². The molecule has 0 aliphatic carbocycles. The Morgan fingerprint density at radius 2 is 2.14 bits per heavy atom. The number of carbonyl (C=O) groups excluding carboxylic acids is 1. The minimum absolute atomic E-state index is 0.0197. The Balaban J connectivity index is 3.07. The normalized spacial score (nSPS) is 9.50. The maximum absolute atomic E-state index is 10.7. The van der Waals surface area contributed by atoms with Gasteiger partial charge < -0.3 is 5.32 Å². The Bertz CT molecular complexity index is 392. The second kappa shape index (κ2) is 3.91. The smallest absolute Gasteiger partial charge is 0.270 e. The molecule has 6 heteroatoms. The van der Waals surface area contributed by atoms with E-state index in [0.29, 0.717) is 5.69 Å². The lowest BCUT2D eigenvalue weighted by molar-refractivity contribution is -0.384. The van der Waals surface area contributed by atoms with Gasteiger partial charge in [0.2, 0.25) is 5.91 Å². The van der Waals surface area contributed by atoms with Crippen molar-refractivity contribution < 1.29 is 9.72 Å². The van der Waals surface area contributed by atoms with Crippen molar-refractivity contribution in [1.82, 2.24) is 0 Å². The van der Waals surface area contributed by atoms with Gasteiger partial charge in [-0.2, -0.15) is 0 Å². The number of anilines is 1. The van der Waals surface area contributed by atoms with E-state index in [0.717, 1.165) is 5.46 Å². The van der Waals surface area contributed by atoms with Crippen LogP contribution in [0.5, 0.6) is 0 Å². The van der Waals surface area contributed by atoms with E-state index in [9.17, 15) is 14.9 Å². The lowest BCUT2D eigenvalue weighted by Crippen LogP contribution is -2.10. The van der Waals surface area contributed by atoms with E-state index in [1.54, 1.807) is 13.9 Å². The molecule has 0 bridgehead atoms. The van der Waals surface area contributed by atoms with Gasteiger partial charge in [-0.3, -0.25) is 14.9 Å². The molecule has 0 saturated carbocycles. The number of hydrogen-bond donors (Lipinski definition) is 1. The highest BCUT2D eigenvalue weighted by Crippen LogP contribution is 2.15. The van der Waals surface area contributed by atoms with E-state index >= 15 is 0 Å². The number of rotatable bonds is 2. The van der Waals surface area contributed by atoms with Gasteiger partial charge >= 0.3 is 0 Å². The molecule has 0 saturated heterocycles. The van der Waals surface area contributed by atoms with Crippen molar-refractivity contribution in [3.8, 4) is 0 Å². The number of non-ortho nitro benzene ring substituents is 1. The molecule has 0 atom stereocenters. The summed E-state index contributed by atoms with van der Waals surface area (Å²) in [5.74, 6) is -0.245. The topological polar surface area (TPSA) is 72.2 Å². The van der Waals surface area contributed by atoms with Crippen LogP contribution in [0.3, 0.4) is 0 Å². The van der Waals surface area contributed by atoms with Gasteiger partial charge in [0.15, 0.2) is 0 Å². The molecule has 0 radical (unpaired) electrons. The minimum Gasteiger partial charge on any atom is -0.326 e. The van der Waals surface area contributed by atoms with Crippen molar-refractivity contribution in [2.45, 2.75) is 6.92 Å². The predicted octanol–water partition coefficient (Wildman–Crippen LogP) is -0.188. The summed E-state index contributed by atoms with van der Waals surface area (Å²) in [5, 5.41) is 13.0. The SMILES string of the molecule is Bc1cc(NC(C)=O)cc([N+](=O)[O-])c1. The number of nitrogens with one attached hydrogen (secondary N) is 1. The van der Waals surface area contributed by atoms with Gasteiger partial charge in [-0.1, -0.05) is 5.46 Å². The summed E-state index contributed by atoms with van der Waals surface area (Å²) in [6, 6.07) is 4.45. The molecule has 0 spiro atoms. The first-order valence-electron chi connectivity index (χ1n) is 4.02. The van der Waals surface area contributed by atoms with Crippen LogP contribution < -0.4 is 10.8 Å². The highest BCUT2D eigenvalue weighted by molar-refractivity contribution is 6.33. The van der Waals surface area contributed by atoms with Crippen LogP contribution in [-0.4, -0.2) is 18.7 Å². The monoisotopic (exact) mass is 192 g/mol. The molecule has 0 heterocycles. The lowest BCUT2D eigenvalue weighted by atomic mass is 9.95. The van der Waals surface area contributed by atoms with E-state index in [1.165, 1.54) is 19.1 Å². The molecule has 0 aliphatic rings. The molecular formula is C8H9BN2O3. The fraction of sp³-hybridized carbons (Fsp3) is 0.125. The zero-order chi connectivity index (χ0) is 10.7. The third-order valence-corrected chi connectivity index (χ3v) is 1.59. The number of carbonyl (C=O) groups is 1. The predicted molar refractivity (Wildman–Crippen MR) is 55.6 cm³/mol. The van der Waals surface area contributed by atoms with E-state index in [2.05, 4.69) is 5.32 Å². The van der Waals surface area contributed by atoms with E-state index < -0.39 is 4.92 Å². The quantitative estimate of drug-likeness (QED) is 0.401. The Hall–Kier alpha value is -1.85. The van der Waals surface area contributed by atoms with Crippen molar-refractivity contribution in [2.24, 2.45) is 0 Å². The first-order valence-corrected chi connectivity index (χ1v) is 4.02. The molecule has 1 aromatic rings. The standard InChI is InChI=1S/C8H9BN2O3/c1-5(12)10-7-2-6(9)3-8(4-7)11(13)14/h2-4H,9H2,1H3,(H,10,12). The largest absolute Gasteiger partial charge is 0.326 e. The van der Waals surface area contributed by atoms with Crippen LogP contribution >= 0.6 is 0 Å². The Kier molecular flexibility index (Phi) is 2.86. The number of hydrogen-bond acceptors (Lipinski definition) is 3. The molecule has 1 N–H and O–H groups in total. The first kappa shape index (κ1) is 10.2. The molecule has 0 aromatic heterocycles. The van der Waals surface area contributed by atoms with Crippen LogP contribution in [0.1, 0.15) is 6.92 Å². The van der Waals surface area contributed by atoms with Crippen molar-refractivity contribution >= 4 is 30.6 Å². The maximum atomic E-state index is 10.7. The number of nitrogens with zero attached hydrogens (tertiary/aromatic N) is 1. The fourth-order valence-electron chi connectivity index (χ4n) is 1.14. The first-order chi connectivity index (χ1) is 6.49. The molecule has 14 heavy (non-hydrogen) atoms. The summed E-state index contributed by atoms with van der Waals surface area (Å²) in [6.45, 7) is 1.36. The summed E-state index contributed by atoms with van der Waals surface area (Å²) >= 11 is 0. The highest BCUT2D eigenvalue weighted by atomic mass is 16.6. The Labute approximate surface area is 81.7 Å². The van der Waals surface area contributed by atoms with E-state index in [-0.39, 0.29) is 11.6 Å². The van der Waals surface area contributed by atoms with Crippen LogP contribution in [0.25, 0.3) is 0 Å². The zero-order valence-electron chi connectivity index (χ0n) is 7.90. The highest BCUT2D eigenvalue weighted by Gasteiger charge is 2.08. The third-order valence-electron chi connectivity index (χ3n) is 1.59.